The second kappa shape index (κ2) is 5.66. The summed E-state index contributed by atoms with van der Waals surface area (Å²) in [6.45, 7) is 6.75. The average molecular weight is 320 g/mol. The fourth-order valence-electron chi connectivity index (χ4n) is 2.26. The van der Waals surface area contributed by atoms with Crippen molar-refractivity contribution < 1.29 is 4.74 Å². The van der Waals surface area contributed by atoms with Gasteiger partial charge in [0.1, 0.15) is 12.4 Å². The minimum absolute atomic E-state index is 0.510. The van der Waals surface area contributed by atoms with Gasteiger partial charge in [-0.25, -0.2) is 0 Å². The molecule has 100 valence electrons. The molecule has 0 saturated heterocycles. The maximum Gasteiger partial charge on any atom is 0.125 e. The van der Waals surface area contributed by atoms with Gasteiger partial charge < -0.3 is 10.5 Å². The molecular formula is C16H18BrNO. The van der Waals surface area contributed by atoms with E-state index in [0.717, 1.165) is 32.6 Å². The van der Waals surface area contributed by atoms with Crippen LogP contribution in [0.3, 0.4) is 0 Å². The SMILES string of the molecule is Cc1cc(C)c(OCc2cccc(N)c2Br)c(C)c1. The maximum atomic E-state index is 5.96. The molecule has 19 heavy (non-hydrogen) atoms. The molecule has 2 rings (SSSR count). The van der Waals surface area contributed by atoms with E-state index in [4.69, 9.17) is 10.5 Å². The molecule has 0 radical (unpaired) electrons. The molecule has 3 heteroatoms. The third-order valence-corrected chi connectivity index (χ3v) is 4.05. The lowest BCUT2D eigenvalue weighted by molar-refractivity contribution is 0.301. The Morgan fingerprint density at radius 1 is 1.11 bits per heavy atom. The molecule has 2 N–H and O–H groups in total. The minimum atomic E-state index is 0.510. The van der Waals surface area contributed by atoms with Crippen LogP contribution in [0.5, 0.6) is 5.75 Å². The highest BCUT2D eigenvalue weighted by atomic mass is 79.9. The van der Waals surface area contributed by atoms with Crippen molar-refractivity contribution in [3.63, 3.8) is 0 Å². The Labute approximate surface area is 122 Å². The molecule has 0 atom stereocenters. The van der Waals surface area contributed by atoms with Crippen molar-refractivity contribution in [1.29, 1.82) is 0 Å². The van der Waals surface area contributed by atoms with Crippen LogP contribution in [0.25, 0.3) is 0 Å². The molecule has 0 fully saturated rings. The second-order valence-corrected chi connectivity index (χ2v) is 5.63. The molecule has 0 bridgehead atoms. The summed E-state index contributed by atoms with van der Waals surface area (Å²) in [4.78, 5) is 0. The van der Waals surface area contributed by atoms with Crippen LogP contribution >= 0.6 is 15.9 Å². The van der Waals surface area contributed by atoms with Crippen molar-refractivity contribution in [3.8, 4) is 5.75 Å². The highest BCUT2D eigenvalue weighted by molar-refractivity contribution is 9.10. The smallest absolute Gasteiger partial charge is 0.125 e. The van der Waals surface area contributed by atoms with Gasteiger partial charge in [0.15, 0.2) is 0 Å². The van der Waals surface area contributed by atoms with Crippen LogP contribution in [-0.4, -0.2) is 0 Å². The van der Waals surface area contributed by atoms with E-state index in [1.165, 1.54) is 5.56 Å². The van der Waals surface area contributed by atoms with Gasteiger partial charge in [0.05, 0.1) is 0 Å². The van der Waals surface area contributed by atoms with Crippen molar-refractivity contribution in [2.45, 2.75) is 27.4 Å². The van der Waals surface area contributed by atoms with Crippen molar-refractivity contribution >= 4 is 21.6 Å². The van der Waals surface area contributed by atoms with Crippen LogP contribution in [0.1, 0.15) is 22.3 Å². The summed E-state index contributed by atoms with van der Waals surface area (Å²) in [5, 5.41) is 0. The van der Waals surface area contributed by atoms with Crippen LogP contribution in [0.15, 0.2) is 34.8 Å². The van der Waals surface area contributed by atoms with Gasteiger partial charge in [-0.05, 0) is 53.9 Å². The topological polar surface area (TPSA) is 35.2 Å². The quantitative estimate of drug-likeness (QED) is 0.843. The third-order valence-electron chi connectivity index (χ3n) is 3.09. The molecule has 0 aliphatic heterocycles. The first-order valence-electron chi connectivity index (χ1n) is 6.22. The van der Waals surface area contributed by atoms with Gasteiger partial charge in [-0.3, -0.25) is 0 Å². The number of halogens is 1. The maximum absolute atomic E-state index is 5.96. The standard InChI is InChI=1S/C16H18BrNO/c1-10-7-11(2)16(12(3)8-10)19-9-13-5-4-6-14(18)15(13)17/h4-8H,9,18H2,1-3H3. The Hall–Kier alpha value is -1.48. The lowest BCUT2D eigenvalue weighted by Gasteiger charge is -2.14. The van der Waals surface area contributed by atoms with Crippen LogP contribution in [0, 0.1) is 20.8 Å². The largest absolute Gasteiger partial charge is 0.488 e. The molecule has 2 aromatic carbocycles. The van der Waals surface area contributed by atoms with E-state index in [1.807, 2.05) is 18.2 Å². The monoisotopic (exact) mass is 319 g/mol. The van der Waals surface area contributed by atoms with Crippen molar-refractivity contribution in [2.75, 3.05) is 5.73 Å². The van der Waals surface area contributed by atoms with E-state index in [-0.39, 0.29) is 0 Å². The van der Waals surface area contributed by atoms with Crippen LogP contribution in [0.2, 0.25) is 0 Å². The van der Waals surface area contributed by atoms with Gasteiger partial charge in [-0.1, -0.05) is 29.8 Å². The summed E-state index contributed by atoms with van der Waals surface area (Å²) in [6.07, 6.45) is 0. The average Bonchev–Trinajstić information content (AvgIpc) is 2.33. The highest BCUT2D eigenvalue weighted by Gasteiger charge is 2.08. The van der Waals surface area contributed by atoms with E-state index < -0.39 is 0 Å². The van der Waals surface area contributed by atoms with E-state index in [9.17, 15) is 0 Å². The molecule has 0 heterocycles. The van der Waals surface area contributed by atoms with Gasteiger partial charge >= 0.3 is 0 Å². The zero-order valence-electron chi connectivity index (χ0n) is 11.5. The fraction of sp³-hybridized carbons (Fsp3) is 0.250. The lowest BCUT2D eigenvalue weighted by atomic mass is 10.1. The number of hydrogen-bond acceptors (Lipinski definition) is 2. The van der Waals surface area contributed by atoms with E-state index in [0.29, 0.717) is 6.61 Å². The van der Waals surface area contributed by atoms with Gasteiger partial charge in [0, 0.05) is 15.7 Å². The second-order valence-electron chi connectivity index (χ2n) is 4.84. The molecule has 2 nitrogen and oxygen atoms in total. The van der Waals surface area contributed by atoms with E-state index >= 15 is 0 Å². The summed E-state index contributed by atoms with van der Waals surface area (Å²) >= 11 is 3.50. The number of nitrogens with two attached hydrogens (primary N) is 1. The van der Waals surface area contributed by atoms with Crippen LogP contribution < -0.4 is 10.5 Å². The van der Waals surface area contributed by atoms with Crippen molar-refractivity contribution in [2.24, 2.45) is 0 Å². The molecule has 2 aromatic rings. The van der Waals surface area contributed by atoms with Crippen molar-refractivity contribution in [3.05, 3.63) is 57.1 Å². The van der Waals surface area contributed by atoms with Gasteiger partial charge in [0.2, 0.25) is 0 Å². The van der Waals surface area contributed by atoms with E-state index in [1.54, 1.807) is 0 Å². The zero-order chi connectivity index (χ0) is 14.0. The summed E-state index contributed by atoms with van der Waals surface area (Å²) in [6, 6.07) is 10.1. The number of anilines is 1. The summed E-state index contributed by atoms with van der Waals surface area (Å²) < 4.78 is 6.87. The minimum Gasteiger partial charge on any atom is -0.488 e. The van der Waals surface area contributed by atoms with Gasteiger partial charge in [-0.15, -0.1) is 0 Å². The molecular weight excluding hydrogens is 302 g/mol. The molecule has 0 amide bonds. The summed E-state index contributed by atoms with van der Waals surface area (Å²) in [7, 11) is 0. The Morgan fingerprint density at radius 2 is 1.74 bits per heavy atom. The number of benzene rings is 2. The van der Waals surface area contributed by atoms with E-state index in [2.05, 4.69) is 48.8 Å². The predicted octanol–water partition coefficient (Wildman–Crippen LogP) is 4.54. The van der Waals surface area contributed by atoms with Crippen molar-refractivity contribution in [1.82, 2.24) is 0 Å². The summed E-state index contributed by atoms with van der Waals surface area (Å²) in [5.74, 6) is 0.958. The highest BCUT2D eigenvalue weighted by Crippen LogP contribution is 2.28. The Balaban J connectivity index is 2.22. The third kappa shape index (κ3) is 3.10. The normalized spacial score (nSPS) is 10.5. The molecule has 0 aromatic heterocycles. The molecule has 0 unspecified atom stereocenters. The number of nitrogen functional groups attached to an aromatic ring is 1. The summed E-state index contributed by atoms with van der Waals surface area (Å²) in [5.41, 5.74) is 11.2. The van der Waals surface area contributed by atoms with Crippen LogP contribution in [0.4, 0.5) is 5.69 Å². The molecule has 0 aliphatic rings. The number of hydrogen-bond donors (Lipinski definition) is 1. The zero-order valence-corrected chi connectivity index (χ0v) is 13.0. The number of ether oxygens (including phenoxy) is 1. The first-order valence-corrected chi connectivity index (χ1v) is 7.02. The molecule has 0 aliphatic carbocycles. The van der Waals surface area contributed by atoms with Gasteiger partial charge in [-0.2, -0.15) is 0 Å². The Bertz CT molecular complexity index is 585. The fourth-order valence-corrected chi connectivity index (χ4v) is 2.63. The van der Waals surface area contributed by atoms with Crippen LogP contribution in [-0.2, 0) is 6.61 Å². The lowest BCUT2D eigenvalue weighted by Crippen LogP contribution is -2.01. The Morgan fingerprint density at radius 3 is 2.37 bits per heavy atom. The predicted molar refractivity (Wildman–Crippen MR) is 83.5 cm³/mol. The molecule has 0 spiro atoms. The molecule has 0 saturated carbocycles. The first kappa shape index (κ1) is 13.9. The Kier molecular flexibility index (Phi) is 4.15. The number of rotatable bonds is 3. The van der Waals surface area contributed by atoms with Gasteiger partial charge in [0.25, 0.3) is 0 Å². The number of aryl methyl sites for hydroxylation is 3. The first-order chi connectivity index (χ1) is 8.99.